The van der Waals surface area contributed by atoms with Gasteiger partial charge in [0.15, 0.2) is 0 Å². The van der Waals surface area contributed by atoms with E-state index in [1.807, 2.05) is 11.8 Å². The maximum absolute atomic E-state index is 6.03. The second-order valence-corrected chi connectivity index (χ2v) is 6.57. The standard InChI is InChI=1S/C15H34N2S/c1-6-14(7-2)17(12-13(3)4)15(11-16)9-8-10-18-5/h13-15H,6-12,16H2,1-5H3. The first-order chi connectivity index (χ1) is 8.60. The van der Waals surface area contributed by atoms with E-state index in [0.29, 0.717) is 12.1 Å². The number of thioether (sulfide) groups is 1. The molecular formula is C15H34N2S. The van der Waals surface area contributed by atoms with Crippen LogP contribution in [0, 0.1) is 5.92 Å². The van der Waals surface area contributed by atoms with Crippen molar-refractivity contribution in [2.45, 2.75) is 65.5 Å². The molecule has 0 fully saturated rings. The molecule has 0 rings (SSSR count). The summed E-state index contributed by atoms with van der Waals surface area (Å²) in [5.74, 6) is 1.98. The van der Waals surface area contributed by atoms with Crippen LogP contribution < -0.4 is 5.73 Å². The smallest absolute Gasteiger partial charge is 0.0221 e. The Morgan fingerprint density at radius 1 is 1.11 bits per heavy atom. The summed E-state index contributed by atoms with van der Waals surface area (Å²) >= 11 is 1.94. The Labute approximate surface area is 119 Å². The Bertz CT molecular complexity index is 181. The lowest BCUT2D eigenvalue weighted by atomic mass is 10.0. The molecule has 0 amide bonds. The molecule has 0 aliphatic carbocycles. The average molecular weight is 275 g/mol. The zero-order valence-electron chi connectivity index (χ0n) is 13.1. The maximum Gasteiger partial charge on any atom is 0.0221 e. The van der Waals surface area contributed by atoms with Gasteiger partial charge in [-0.1, -0.05) is 27.7 Å². The van der Waals surface area contributed by atoms with Crippen molar-refractivity contribution in [2.75, 3.05) is 25.1 Å². The molecule has 0 aliphatic rings. The molecule has 1 atom stereocenters. The molecule has 0 aliphatic heterocycles. The topological polar surface area (TPSA) is 29.3 Å². The highest BCUT2D eigenvalue weighted by Crippen LogP contribution is 2.18. The van der Waals surface area contributed by atoms with Crippen LogP contribution in [0.25, 0.3) is 0 Å². The highest BCUT2D eigenvalue weighted by atomic mass is 32.2. The molecule has 2 N–H and O–H groups in total. The normalized spacial score (nSPS) is 13.8. The summed E-state index contributed by atoms with van der Waals surface area (Å²) in [4.78, 5) is 2.69. The number of nitrogens with zero attached hydrogens (tertiary/aromatic N) is 1. The molecule has 0 saturated carbocycles. The van der Waals surface area contributed by atoms with Crippen molar-refractivity contribution in [1.29, 1.82) is 0 Å². The summed E-state index contributed by atoms with van der Waals surface area (Å²) in [6.45, 7) is 11.2. The Morgan fingerprint density at radius 2 is 1.72 bits per heavy atom. The van der Waals surface area contributed by atoms with Crippen LogP contribution in [0.1, 0.15) is 53.4 Å². The highest BCUT2D eigenvalue weighted by Gasteiger charge is 2.23. The van der Waals surface area contributed by atoms with E-state index < -0.39 is 0 Å². The summed E-state index contributed by atoms with van der Waals surface area (Å²) in [6, 6.07) is 1.28. The Hall–Kier alpha value is 0.270. The maximum atomic E-state index is 6.03. The largest absolute Gasteiger partial charge is 0.329 e. The molecule has 0 spiro atoms. The van der Waals surface area contributed by atoms with Gasteiger partial charge in [0.1, 0.15) is 0 Å². The molecule has 2 nitrogen and oxygen atoms in total. The monoisotopic (exact) mass is 274 g/mol. The fourth-order valence-electron chi connectivity index (χ4n) is 2.66. The van der Waals surface area contributed by atoms with Crippen LogP contribution in [0.15, 0.2) is 0 Å². The summed E-state index contributed by atoms with van der Waals surface area (Å²) in [5, 5.41) is 0. The molecule has 1 unspecified atom stereocenters. The molecular weight excluding hydrogens is 240 g/mol. The van der Waals surface area contributed by atoms with Gasteiger partial charge in [-0.15, -0.1) is 0 Å². The minimum Gasteiger partial charge on any atom is -0.329 e. The molecule has 0 saturated heterocycles. The first-order valence-corrected chi connectivity index (χ1v) is 8.94. The van der Waals surface area contributed by atoms with Crippen molar-refractivity contribution in [2.24, 2.45) is 11.7 Å². The average Bonchev–Trinajstić information content (AvgIpc) is 2.35. The zero-order chi connectivity index (χ0) is 14.0. The second-order valence-electron chi connectivity index (χ2n) is 5.59. The van der Waals surface area contributed by atoms with E-state index in [-0.39, 0.29) is 0 Å². The lowest BCUT2D eigenvalue weighted by Crippen LogP contribution is -2.48. The van der Waals surface area contributed by atoms with Gasteiger partial charge < -0.3 is 5.73 Å². The summed E-state index contributed by atoms with van der Waals surface area (Å²) in [6.07, 6.45) is 7.20. The van der Waals surface area contributed by atoms with E-state index in [0.717, 1.165) is 12.5 Å². The van der Waals surface area contributed by atoms with Gasteiger partial charge in [0.2, 0.25) is 0 Å². The predicted octanol–water partition coefficient (Wildman–Crippen LogP) is 3.60. The van der Waals surface area contributed by atoms with Gasteiger partial charge in [0.05, 0.1) is 0 Å². The molecule has 0 aromatic carbocycles. The van der Waals surface area contributed by atoms with E-state index in [4.69, 9.17) is 5.73 Å². The van der Waals surface area contributed by atoms with Crippen LogP contribution >= 0.6 is 11.8 Å². The van der Waals surface area contributed by atoms with Gasteiger partial charge in [-0.2, -0.15) is 11.8 Å². The quantitative estimate of drug-likeness (QED) is 0.584. The lowest BCUT2D eigenvalue weighted by Gasteiger charge is -2.38. The third-order valence-corrected chi connectivity index (χ3v) is 4.31. The molecule has 0 heterocycles. The SMILES string of the molecule is CCC(CC)N(CC(C)C)C(CN)CCCSC. The fourth-order valence-corrected chi connectivity index (χ4v) is 3.11. The van der Waals surface area contributed by atoms with Crippen LogP contribution in [0.2, 0.25) is 0 Å². The van der Waals surface area contributed by atoms with Crippen molar-refractivity contribution in [3.8, 4) is 0 Å². The third-order valence-electron chi connectivity index (χ3n) is 3.61. The highest BCUT2D eigenvalue weighted by molar-refractivity contribution is 7.98. The summed E-state index contributed by atoms with van der Waals surface area (Å²) < 4.78 is 0. The number of hydrogen-bond acceptors (Lipinski definition) is 3. The van der Waals surface area contributed by atoms with Gasteiger partial charge in [-0.25, -0.2) is 0 Å². The van der Waals surface area contributed by atoms with Gasteiger partial charge in [-0.3, -0.25) is 4.90 Å². The fraction of sp³-hybridized carbons (Fsp3) is 1.00. The van der Waals surface area contributed by atoms with Gasteiger partial charge in [-0.05, 0) is 43.6 Å². The summed E-state index contributed by atoms with van der Waals surface area (Å²) in [5.41, 5.74) is 6.03. The Kier molecular flexibility index (Phi) is 11.3. The van der Waals surface area contributed by atoms with E-state index in [1.54, 1.807) is 0 Å². The molecule has 0 aromatic heterocycles. The molecule has 110 valence electrons. The van der Waals surface area contributed by atoms with E-state index in [9.17, 15) is 0 Å². The molecule has 0 radical (unpaired) electrons. The van der Waals surface area contributed by atoms with Gasteiger partial charge in [0, 0.05) is 25.2 Å². The molecule has 3 heteroatoms. The first-order valence-electron chi connectivity index (χ1n) is 7.55. The Balaban J connectivity index is 4.55. The van der Waals surface area contributed by atoms with Crippen LogP contribution in [-0.2, 0) is 0 Å². The van der Waals surface area contributed by atoms with Crippen LogP contribution in [-0.4, -0.2) is 42.1 Å². The molecule has 0 bridgehead atoms. The van der Waals surface area contributed by atoms with E-state index >= 15 is 0 Å². The second kappa shape index (κ2) is 11.1. The zero-order valence-corrected chi connectivity index (χ0v) is 13.9. The lowest BCUT2D eigenvalue weighted by molar-refractivity contribution is 0.106. The summed E-state index contributed by atoms with van der Waals surface area (Å²) in [7, 11) is 0. The molecule has 0 aromatic rings. The van der Waals surface area contributed by atoms with Crippen molar-refractivity contribution in [1.82, 2.24) is 4.90 Å². The first kappa shape index (κ1) is 18.3. The predicted molar refractivity (Wildman–Crippen MR) is 86.4 cm³/mol. The van der Waals surface area contributed by atoms with E-state index in [2.05, 4.69) is 38.9 Å². The van der Waals surface area contributed by atoms with Crippen molar-refractivity contribution >= 4 is 11.8 Å². The Morgan fingerprint density at radius 3 is 2.11 bits per heavy atom. The minimum absolute atomic E-state index is 0.574. The van der Waals surface area contributed by atoms with Gasteiger partial charge >= 0.3 is 0 Å². The van der Waals surface area contributed by atoms with Gasteiger partial charge in [0.25, 0.3) is 0 Å². The molecule has 18 heavy (non-hydrogen) atoms. The van der Waals surface area contributed by atoms with Crippen LogP contribution in [0.3, 0.4) is 0 Å². The number of rotatable bonds is 11. The van der Waals surface area contributed by atoms with Crippen LogP contribution in [0.5, 0.6) is 0 Å². The van der Waals surface area contributed by atoms with Crippen LogP contribution in [0.4, 0.5) is 0 Å². The van der Waals surface area contributed by atoms with Crippen molar-refractivity contribution < 1.29 is 0 Å². The minimum atomic E-state index is 0.574. The van der Waals surface area contributed by atoms with Crippen molar-refractivity contribution in [3.63, 3.8) is 0 Å². The number of nitrogens with two attached hydrogens (primary N) is 1. The van der Waals surface area contributed by atoms with E-state index in [1.165, 1.54) is 38.0 Å². The number of hydrogen-bond donors (Lipinski definition) is 1. The van der Waals surface area contributed by atoms with Crippen molar-refractivity contribution in [3.05, 3.63) is 0 Å². The third kappa shape index (κ3) is 7.01.